The highest BCUT2D eigenvalue weighted by atomic mass is 16.5. The highest BCUT2D eigenvalue weighted by Crippen LogP contribution is 2.03. The van der Waals surface area contributed by atoms with Gasteiger partial charge in [-0.25, -0.2) is 4.79 Å². The minimum atomic E-state index is -1.07. The number of carbonyl (C=O) groups excluding carboxylic acids is 1. The molecular formula is C11H16N2O4. The Kier molecular flexibility index (Phi) is 4.68. The SMILES string of the molecule is CCC(C)C(=O)OCCn1ccc(C(=O)O)n1. The number of aromatic carboxylic acids is 1. The van der Waals surface area contributed by atoms with E-state index in [1.54, 1.807) is 13.1 Å². The average molecular weight is 240 g/mol. The first-order valence-electron chi connectivity index (χ1n) is 5.48. The van der Waals surface area contributed by atoms with Gasteiger partial charge in [0.25, 0.3) is 0 Å². The Morgan fingerprint density at radius 1 is 1.59 bits per heavy atom. The molecule has 0 saturated heterocycles. The number of carboxylic acid groups (broad SMARTS) is 1. The van der Waals surface area contributed by atoms with Gasteiger partial charge in [-0.1, -0.05) is 13.8 Å². The molecule has 0 aromatic carbocycles. The van der Waals surface area contributed by atoms with Crippen LogP contribution in [0.1, 0.15) is 30.8 Å². The van der Waals surface area contributed by atoms with E-state index >= 15 is 0 Å². The first kappa shape index (κ1) is 13.2. The largest absolute Gasteiger partial charge is 0.476 e. The maximum absolute atomic E-state index is 11.3. The summed E-state index contributed by atoms with van der Waals surface area (Å²) in [7, 11) is 0. The van der Waals surface area contributed by atoms with Crippen molar-refractivity contribution in [2.45, 2.75) is 26.8 Å². The lowest BCUT2D eigenvalue weighted by Gasteiger charge is -2.08. The number of esters is 1. The summed E-state index contributed by atoms with van der Waals surface area (Å²) in [6.07, 6.45) is 2.28. The molecule has 1 heterocycles. The third kappa shape index (κ3) is 3.90. The summed E-state index contributed by atoms with van der Waals surface area (Å²) < 4.78 is 6.46. The molecule has 1 rings (SSSR count). The third-order valence-corrected chi connectivity index (χ3v) is 2.44. The molecule has 1 aromatic rings. The van der Waals surface area contributed by atoms with Crippen LogP contribution in [0.5, 0.6) is 0 Å². The molecule has 0 bridgehead atoms. The molecule has 0 fully saturated rings. The smallest absolute Gasteiger partial charge is 0.356 e. The molecule has 1 unspecified atom stereocenters. The quantitative estimate of drug-likeness (QED) is 0.755. The average Bonchev–Trinajstić information content (AvgIpc) is 2.76. The van der Waals surface area contributed by atoms with E-state index in [-0.39, 0.29) is 24.2 Å². The van der Waals surface area contributed by atoms with Crippen LogP contribution in [0, 0.1) is 5.92 Å². The van der Waals surface area contributed by atoms with Crippen LogP contribution in [0.4, 0.5) is 0 Å². The molecule has 6 heteroatoms. The minimum absolute atomic E-state index is 0.0155. The number of rotatable bonds is 6. The van der Waals surface area contributed by atoms with Gasteiger partial charge in [0.05, 0.1) is 12.5 Å². The molecule has 6 nitrogen and oxygen atoms in total. The Morgan fingerprint density at radius 3 is 2.82 bits per heavy atom. The van der Waals surface area contributed by atoms with Crippen LogP contribution in [0.15, 0.2) is 12.3 Å². The maximum Gasteiger partial charge on any atom is 0.356 e. The molecule has 0 radical (unpaired) electrons. The van der Waals surface area contributed by atoms with Crippen LogP contribution in [0.25, 0.3) is 0 Å². The highest BCUT2D eigenvalue weighted by Gasteiger charge is 2.12. The molecule has 0 amide bonds. The van der Waals surface area contributed by atoms with Gasteiger partial charge in [0.2, 0.25) is 0 Å². The van der Waals surface area contributed by atoms with Crippen LogP contribution in [0.3, 0.4) is 0 Å². The zero-order chi connectivity index (χ0) is 12.8. The molecule has 1 N–H and O–H groups in total. The van der Waals surface area contributed by atoms with Crippen molar-refractivity contribution < 1.29 is 19.4 Å². The molecule has 0 aliphatic carbocycles. The summed E-state index contributed by atoms with van der Waals surface area (Å²) in [6, 6.07) is 1.40. The lowest BCUT2D eigenvalue weighted by Crippen LogP contribution is -2.17. The van der Waals surface area contributed by atoms with Gasteiger partial charge >= 0.3 is 11.9 Å². The molecule has 0 saturated carbocycles. The van der Waals surface area contributed by atoms with Gasteiger partial charge in [-0.3, -0.25) is 9.48 Å². The normalized spacial score (nSPS) is 12.1. The molecule has 1 aromatic heterocycles. The molecule has 17 heavy (non-hydrogen) atoms. The van der Waals surface area contributed by atoms with Crippen LogP contribution >= 0.6 is 0 Å². The molecule has 0 spiro atoms. The van der Waals surface area contributed by atoms with E-state index in [2.05, 4.69) is 5.10 Å². The fourth-order valence-electron chi connectivity index (χ4n) is 1.15. The molecule has 94 valence electrons. The van der Waals surface area contributed by atoms with E-state index in [9.17, 15) is 9.59 Å². The zero-order valence-corrected chi connectivity index (χ0v) is 9.92. The Balaban J connectivity index is 2.35. The summed E-state index contributed by atoms with van der Waals surface area (Å²) in [6.45, 7) is 4.27. The highest BCUT2D eigenvalue weighted by molar-refractivity contribution is 5.85. The number of hydrogen-bond donors (Lipinski definition) is 1. The molecule has 0 aliphatic rings. The van der Waals surface area contributed by atoms with Crippen molar-refractivity contribution in [3.63, 3.8) is 0 Å². The lowest BCUT2D eigenvalue weighted by molar-refractivity contribution is -0.148. The summed E-state index contributed by atoms with van der Waals surface area (Å²) in [4.78, 5) is 21.9. The predicted octanol–water partition coefficient (Wildman–Crippen LogP) is 1.17. The van der Waals surface area contributed by atoms with Crippen molar-refractivity contribution >= 4 is 11.9 Å². The van der Waals surface area contributed by atoms with E-state index in [0.717, 1.165) is 6.42 Å². The predicted molar refractivity (Wildman–Crippen MR) is 59.6 cm³/mol. The number of hydrogen-bond acceptors (Lipinski definition) is 4. The van der Waals surface area contributed by atoms with Gasteiger partial charge in [-0.2, -0.15) is 5.10 Å². The minimum Gasteiger partial charge on any atom is -0.476 e. The van der Waals surface area contributed by atoms with E-state index in [1.807, 2.05) is 6.92 Å². The van der Waals surface area contributed by atoms with E-state index < -0.39 is 5.97 Å². The monoisotopic (exact) mass is 240 g/mol. The second kappa shape index (κ2) is 6.03. The standard InChI is InChI=1S/C11H16N2O4/c1-3-8(2)11(16)17-7-6-13-5-4-9(12-13)10(14)15/h4-5,8H,3,6-7H2,1-2H3,(H,14,15). The number of aromatic nitrogens is 2. The lowest BCUT2D eigenvalue weighted by atomic mass is 10.1. The first-order valence-corrected chi connectivity index (χ1v) is 5.48. The second-order valence-corrected chi connectivity index (χ2v) is 3.75. The maximum atomic E-state index is 11.3. The number of ether oxygens (including phenoxy) is 1. The fourth-order valence-corrected chi connectivity index (χ4v) is 1.15. The van der Waals surface area contributed by atoms with Crippen molar-refractivity contribution in [1.82, 2.24) is 9.78 Å². The van der Waals surface area contributed by atoms with Gasteiger partial charge in [0.15, 0.2) is 5.69 Å². The Bertz CT molecular complexity index is 400. The fraction of sp³-hybridized carbons (Fsp3) is 0.545. The first-order chi connectivity index (χ1) is 8.04. The van der Waals surface area contributed by atoms with Crippen molar-refractivity contribution in [3.8, 4) is 0 Å². The van der Waals surface area contributed by atoms with E-state index in [4.69, 9.17) is 9.84 Å². The van der Waals surface area contributed by atoms with Crippen molar-refractivity contribution in [1.29, 1.82) is 0 Å². The van der Waals surface area contributed by atoms with Crippen LogP contribution < -0.4 is 0 Å². The van der Waals surface area contributed by atoms with Gasteiger partial charge in [0.1, 0.15) is 6.61 Å². The van der Waals surface area contributed by atoms with Crippen molar-refractivity contribution in [3.05, 3.63) is 18.0 Å². The Labute approximate surface area is 99.2 Å². The van der Waals surface area contributed by atoms with Crippen molar-refractivity contribution in [2.75, 3.05) is 6.61 Å². The van der Waals surface area contributed by atoms with Crippen LogP contribution in [-0.2, 0) is 16.1 Å². The van der Waals surface area contributed by atoms with Crippen LogP contribution in [-0.4, -0.2) is 33.4 Å². The van der Waals surface area contributed by atoms with Crippen molar-refractivity contribution in [2.24, 2.45) is 5.92 Å². The summed E-state index contributed by atoms with van der Waals surface area (Å²) in [5.74, 6) is -1.42. The third-order valence-electron chi connectivity index (χ3n) is 2.44. The van der Waals surface area contributed by atoms with E-state index in [0.29, 0.717) is 6.54 Å². The van der Waals surface area contributed by atoms with Gasteiger partial charge in [-0.15, -0.1) is 0 Å². The Morgan fingerprint density at radius 2 is 2.29 bits per heavy atom. The van der Waals surface area contributed by atoms with Gasteiger partial charge in [-0.05, 0) is 12.5 Å². The van der Waals surface area contributed by atoms with Gasteiger partial charge < -0.3 is 9.84 Å². The number of carbonyl (C=O) groups is 2. The number of nitrogens with zero attached hydrogens (tertiary/aromatic N) is 2. The summed E-state index contributed by atoms with van der Waals surface area (Å²) in [5.41, 5.74) is -0.0155. The van der Waals surface area contributed by atoms with Gasteiger partial charge in [0, 0.05) is 6.20 Å². The Hall–Kier alpha value is -1.85. The summed E-state index contributed by atoms with van der Waals surface area (Å²) >= 11 is 0. The molecule has 0 aliphatic heterocycles. The van der Waals surface area contributed by atoms with E-state index in [1.165, 1.54) is 10.7 Å². The summed E-state index contributed by atoms with van der Waals surface area (Å²) in [5, 5.41) is 12.5. The van der Waals surface area contributed by atoms with Crippen LogP contribution in [0.2, 0.25) is 0 Å². The molecular weight excluding hydrogens is 224 g/mol. The zero-order valence-electron chi connectivity index (χ0n) is 9.92. The number of carboxylic acids is 1. The second-order valence-electron chi connectivity index (χ2n) is 3.75. The molecule has 1 atom stereocenters. The topological polar surface area (TPSA) is 81.4 Å².